The number of amides is 1. The van der Waals surface area contributed by atoms with Crippen molar-refractivity contribution in [2.75, 3.05) is 19.6 Å². The normalized spacial score (nSPS) is 13.0. The van der Waals surface area contributed by atoms with E-state index in [0.29, 0.717) is 25.0 Å². The fourth-order valence-corrected chi connectivity index (χ4v) is 2.84. The highest BCUT2D eigenvalue weighted by Gasteiger charge is 2.31. The number of nitrogens with one attached hydrogen (secondary N) is 1. The van der Waals surface area contributed by atoms with E-state index in [1.165, 1.54) is 22.5 Å². The fraction of sp³-hybridized carbons (Fsp3) is 0.500. The third-order valence-corrected chi connectivity index (χ3v) is 4.42. The highest BCUT2D eigenvalue weighted by molar-refractivity contribution is 5.91. The molecular weight excluding hydrogens is 385 g/mol. The Hall–Kier alpha value is -2.39. The molecule has 2 N–H and O–H groups in total. The maximum atomic E-state index is 12.9. The SMILES string of the molecule is CC(C)(C)CCN(CCn1cnc2cc(/C=C/C(=O)NO)ccc21)CC(F)(F)F. The van der Waals surface area contributed by atoms with Crippen molar-refractivity contribution in [3.05, 3.63) is 36.2 Å². The van der Waals surface area contributed by atoms with Crippen LogP contribution in [0.5, 0.6) is 0 Å². The summed E-state index contributed by atoms with van der Waals surface area (Å²) in [7, 11) is 0. The maximum absolute atomic E-state index is 12.9. The largest absolute Gasteiger partial charge is 0.401 e. The first-order valence-corrected chi connectivity index (χ1v) is 9.33. The summed E-state index contributed by atoms with van der Waals surface area (Å²) in [6.07, 6.45) is 0.750. The van der Waals surface area contributed by atoms with Crippen molar-refractivity contribution in [2.45, 2.75) is 39.9 Å². The van der Waals surface area contributed by atoms with Crippen LogP contribution in [0, 0.1) is 5.41 Å². The Kier molecular flexibility index (Phi) is 7.43. The molecule has 1 aromatic carbocycles. The average molecular weight is 412 g/mol. The lowest BCUT2D eigenvalue weighted by Crippen LogP contribution is -2.38. The molecule has 0 saturated carbocycles. The van der Waals surface area contributed by atoms with Crippen molar-refractivity contribution in [2.24, 2.45) is 5.41 Å². The topological polar surface area (TPSA) is 70.4 Å². The number of hydrogen-bond acceptors (Lipinski definition) is 4. The van der Waals surface area contributed by atoms with Gasteiger partial charge in [0, 0.05) is 19.2 Å². The van der Waals surface area contributed by atoms with Gasteiger partial charge in [0.2, 0.25) is 0 Å². The van der Waals surface area contributed by atoms with Gasteiger partial charge in [-0.15, -0.1) is 0 Å². The van der Waals surface area contributed by atoms with Crippen molar-refractivity contribution in [3.63, 3.8) is 0 Å². The molecule has 0 aliphatic carbocycles. The summed E-state index contributed by atoms with van der Waals surface area (Å²) in [5.74, 6) is -0.643. The first kappa shape index (κ1) is 22.9. The third kappa shape index (κ3) is 7.86. The summed E-state index contributed by atoms with van der Waals surface area (Å²) in [4.78, 5) is 16.8. The molecule has 160 valence electrons. The minimum absolute atomic E-state index is 0.0393. The predicted octanol–water partition coefficient (Wildman–Crippen LogP) is 3.86. The molecule has 0 aliphatic rings. The Morgan fingerprint density at radius 3 is 2.62 bits per heavy atom. The van der Waals surface area contributed by atoms with Gasteiger partial charge in [0.25, 0.3) is 5.91 Å². The Bertz CT molecular complexity index is 854. The molecule has 0 spiro atoms. The molecule has 0 unspecified atom stereocenters. The van der Waals surface area contributed by atoms with E-state index >= 15 is 0 Å². The van der Waals surface area contributed by atoms with Gasteiger partial charge in [-0.3, -0.25) is 14.9 Å². The van der Waals surface area contributed by atoms with Crippen molar-refractivity contribution in [1.29, 1.82) is 0 Å². The van der Waals surface area contributed by atoms with Gasteiger partial charge in [0.15, 0.2) is 0 Å². The summed E-state index contributed by atoms with van der Waals surface area (Å²) in [5, 5.41) is 8.50. The molecule has 0 atom stereocenters. The highest BCUT2D eigenvalue weighted by atomic mass is 19.4. The number of benzene rings is 1. The minimum Gasteiger partial charge on any atom is -0.329 e. The molecular formula is C20H27F3N4O2. The van der Waals surface area contributed by atoms with Crippen molar-refractivity contribution < 1.29 is 23.2 Å². The number of carbonyl (C=O) groups excluding carboxylic acids is 1. The summed E-state index contributed by atoms with van der Waals surface area (Å²) >= 11 is 0. The standard InChI is InChI=1S/C20H27F3N4O2/c1-19(2,3)8-9-26(13-20(21,22)23)10-11-27-14-24-16-12-15(4-6-17(16)27)5-7-18(28)25-29/h4-7,12,14,29H,8-11,13H2,1-3H3,(H,25,28)/b7-5+. The molecule has 29 heavy (non-hydrogen) atoms. The second-order valence-corrected chi connectivity index (χ2v) is 8.20. The molecule has 2 rings (SSSR count). The van der Waals surface area contributed by atoms with Crippen LogP contribution in [0.2, 0.25) is 0 Å². The Labute approximate surface area is 168 Å². The van der Waals surface area contributed by atoms with Gasteiger partial charge in [-0.25, -0.2) is 10.5 Å². The van der Waals surface area contributed by atoms with E-state index in [1.54, 1.807) is 18.5 Å². The van der Waals surface area contributed by atoms with Crippen LogP contribution in [0.15, 0.2) is 30.6 Å². The van der Waals surface area contributed by atoms with Gasteiger partial charge in [-0.2, -0.15) is 13.2 Å². The number of alkyl halides is 3. The van der Waals surface area contributed by atoms with Crippen molar-refractivity contribution in [1.82, 2.24) is 19.9 Å². The third-order valence-electron chi connectivity index (χ3n) is 4.42. The maximum Gasteiger partial charge on any atom is 0.401 e. The molecule has 6 nitrogen and oxygen atoms in total. The zero-order valence-corrected chi connectivity index (χ0v) is 16.8. The quantitative estimate of drug-likeness (QED) is 0.393. The number of hydroxylamine groups is 1. The van der Waals surface area contributed by atoms with E-state index < -0.39 is 18.6 Å². The molecule has 0 bridgehead atoms. The van der Waals surface area contributed by atoms with E-state index in [-0.39, 0.29) is 12.0 Å². The van der Waals surface area contributed by atoms with Crippen LogP contribution in [0.3, 0.4) is 0 Å². The first-order chi connectivity index (χ1) is 13.5. The fourth-order valence-electron chi connectivity index (χ4n) is 2.84. The van der Waals surface area contributed by atoms with Crippen LogP contribution in [0.1, 0.15) is 32.8 Å². The van der Waals surface area contributed by atoms with Crippen LogP contribution < -0.4 is 5.48 Å². The van der Waals surface area contributed by atoms with Gasteiger partial charge in [-0.05, 0) is 42.2 Å². The molecule has 0 fully saturated rings. The molecule has 0 radical (unpaired) electrons. The summed E-state index contributed by atoms with van der Waals surface area (Å²) in [5.41, 5.74) is 3.66. The number of imidazole rings is 1. The zero-order chi connectivity index (χ0) is 21.7. The highest BCUT2D eigenvalue weighted by Crippen LogP contribution is 2.22. The minimum atomic E-state index is -4.24. The van der Waals surface area contributed by atoms with Gasteiger partial charge >= 0.3 is 6.18 Å². The van der Waals surface area contributed by atoms with Crippen molar-refractivity contribution >= 4 is 23.0 Å². The number of carbonyl (C=O) groups is 1. The lowest BCUT2D eigenvalue weighted by molar-refractivity contribution is -0.146. The van der Waals surface area contributed by atoms with Gasteiger partial charge in [-0.1, -0.05) is 26.8 Å². The van der Waals surface area contributed by atoms with Crippen LogP contribution >= 0.6 is 0 Å². The number of hydrogen-bond donors (Lipinski definition) is 2. The molecule has 0 aliphatic heterocycles. The molecule has 9 heteroatoms. The molecule has 1 heterocycles. The number of fused-ring (bicyclic) bond motifs is 1. The Morgan fingerprint density at radius 1 is 1.28 bits per heavy atom. The second-order valence-electron chi connectivity index (χ2n) is 8.20. The number of nitrogens with zero attached hydrogens (tertiary/aromatic N) is 3. The summed E-state index contributed by atoms with van der Waals surface area (Å²) in [6, 6.07) is 5.34. The van der Waals surface area contributed by atoms with E-state index in [9.17, 15) is 18.0 Å². The van der Waals surface area contributed by atoms with Gasteiger partial charge in [0.05, 0.1) is 23.9 Å². The van der Waals surface area contributed by atoms with Crippen LogP contribution in [0.4, 0.5) is 13.2 Å². The molecule has 1 amide bonds. The zero-order valence-electron chi connectivity index (χ0n) is 16.8. The number of aromatic nitrogens is 2. The number of halogens is 3. The van der Waals surface area contributed by atoms with Crippen molar-refractivity contribution in [3.8, 4) is 0 Å². The molecule has 2 aromatic rings. The lowest BCUT2D eigenvalue weighted by atomic mass is 9.92. The van der Waals surface area contributed by atoms with Gasteiger partial charge in [0.1, 0.15) is 0 Å². The van der Waals surface area contributed by atoms with Crippen LogP contribution in [0.25, 0.3) is 17.1 Å². The smallest absolute Gasteiger partial charge is 0.329 e. The van der Waals surface area contributed by atoms with Crippen LogP contribution in [-0.4, -0.2) is 51.4 Å². The van der Waals surface area contributed by atoms with E-state index in [2.05, 4.69) is 4.98 Å². The first-order valence-electron chi connectivity index (χ1n) is 9.33. The number of rotatable bonds is 8. The van der Waals surface area contributed by atoms with E-state index in [4.69, 9.17) is 5.21 Å². The summed E-state index contributed by atoms with van der Waals surface area (Å²) in [6.45, 7) is 6.13. The molecule has 0 saturated heterocycles. The Balaban J connectivity index is 2.08. The monoisotopic (exact) mass is 412 g/mol. The van der Waals surface area contributed by atoms with E-state index in [0.717, 1.165) is 11.1 Å². The Morgan fingerprint density at radius 2 is 2.00 bits per heavy atom. The second kappa shape index (κ2) is 9.41. The van der Waals surface area contributed by atoms with E-state index in [1.807, 2.05) is 31.4 Å². The lowest BCUT2D eigenvalue weighted by Gasteiger charge is -2.27. The summed E-state index contributed by atoms with van der Waals surface area (Å²) < 4.78 is 40.6. The average Bonchev–Trinajstić information content (AvgIpc) is 3.02. The van der Waals surface area contributed by atoms with Crippen LogP contribution in [-0.2, 0) is 11.3 Å². The predicted molar refractivity (Wildman–Crippen MR) is 105 cm³/mol. The van der Waals surface area contributed by atoms with Gasteiger partial charge < -0.3 is 4.57 Å². The molecule has 1 aromatic heterocycles.